The molecule has 0 aromatic rings. The molecule has 0 aromatic heterocycles. The van der Waals surface area contributed by atoms with Gasteiger partial charge in [-0.2, -0.15) is 0 Å². The SMILES string of the molecule is [Fe].[Fe].[Hg+2].[Hg+2].[O-2].[S-2]. The van der Waals surface area contributed by atoms with Crippen molar-refractivity contribution in [1.82, 2.24) is 0 Å². The fourth-order valence-corrected chi connectivity index (χ4v) is 0. The van der Waals surface area contributed by atoms with Gasteiger partial charge in [0.1, 0.15) is 0 Å². The molecule has 6 heavy (non-hydrogen) atoms. The average molecular weight is 561 g/mol. The molecular formula is Fe2Hg2OS. The molecule has 0 saturated carbocycles. The minimum atomic E-state index is 0. The van der Waals surface area contributed by atoms with E-state index in [1.165, 1.54) is 0 Å². The van der Waals surface area contributed by atoms with Crippen LogP contribution in [0.2, 0.25) is 0 Å². The molecular weight excluding hydrogens is 561 g/mol. The van der Waals surface area contributed by atoms with E-state index < -0.39 is 0 Å². The molecule has 32 valence electrons. The van der Waals surface area contributed by atoms with Gasteiger partial charge in [0.15, 0.2) is 0 Å². The molecule has 0 rings (SSSR count). The molecule has 0 heterocycles. The number of hydrogen-bond donors (Lipinski definition) is 0. The molecule has 0 saturated heterocycles. The van der Waals surface area contributed by atoms with Gasteiger partial charge in [-0.25, -0.2) is 0 Å². The van der Waals surface area contributed by atoms with Crippen LogP contribution in [-0.4, -0.2) is 0 Å². The summed E-state index contributed by atoms with van der Waals surface area (Å²) in [6.07, 6.45) is 0. The fraction of sp³-hybridized carbons (Fsp3) is 0. The Labute approximate surface area is 106 Å². The van der Waals surface area contributed by atoms with Crippen molar-refractivity contribution in [3.63, 3.8) is 0 Å². The third-order valence-corrected chi connectivity index (χ3v) is 0. The third-order valence-electron chi connectivity index (χ3n) is 0. The first kappa shape index (κ1) is 60.1. The van der Waals surface area contributed by atoms with Gasteiger partial charge in [-0.05, 0) is 0 Å². The van der Waals surface area contributed by atoms with Crippen LogP contribution in [0.1, 0.15) is 0 Å². The smallest absolute Gasteiger partial charge is 2.00 e. The van der Waals surface area contributed by atoms with Crippen molar-refractivity contribution in [3.05, 3.63) is 0 Å². The van der Waals surface area contributed by atoms with E-state index in [2.05, 4.69) is 0 Å². The molecule has 0 aromatic carbocycles. The van der Waals surface area contributed by atoms with Crippen molar-refractivity contribution in [2.45, 2.75) is 0 Å². The van der Waals surface area contributed by atoms with E-state index in [0.717, 1.165) is 0 Å². The largest absolute Gasteiger partial charge is 2.00 e. The predicted molar refractivity (Wildman–Crippen MR) is 8.05 cm³/mol. The Morgan fingerprint density at radius 1 is 0.667 bits per heavy atom. The molecule has 0 atom stereocenters. The first-order valence-electron chi connectivity index (χ1n) is 0. The van der Waals surface area contributed by atoms with Crippen LogP contribution in [0, 0.1) is 0 Å². The summed E-state index contributed by atoms with van der Waals surface area (Å²) in [4.78, 5) is 0. The molecule has 0 spiro atoms. The van der Waals surface area contributed by atoms with Crippen molar-refractivity contribution in [3.8, 4) is 0 Å². The van der Waals surface area contributed by atoms with E-state index in [4.69, 9.17) is 0 Å². The molecule has 0 amide bonds. The minimum Gasteiger partial charge on any atom is -2.00 e. The first-order chi connectivity index (χ1) is 0. The van der Waals surface area contributed by atoms with Crippen molar-refractivity contribution >= 4 is 13.5 Å². The van der Waals surface area contributed by atoms with Crippen LogP contribution in [0.25, 0.3) is 0 Å². The van der Waals surface area contributed by atoms with Gasteiger partial charge in [0.2, 0.25) is 0 Å². The van der Waals surface area contributed by atoms with Crippen LogP contribution in [0.15, 0.2) is 0 Å². The van der Waals surface area contributed by atoms with E-state index in [-0.39, 0.29) is 108 Å². The first-order valence-corrected chi connectivity index (χ1v) is 0. The van der Waals surface area contributed by atoms with Crippen molar-refractivity contribution < 1.29 is 95.0 Å². The van der Waals surface area contributed by atoms with Crippen LogP contribution in [0.3, 0.4) is 0 Å². The normalized spacial score (nSPS) is 0. The van der Waals surface area contributed by atoms with E-state index >= 15 is 0 Å². The Hall–Kier alpha value is 3.22. The monoisotopic (exact) mass is 564 g/mol. The summed E-state index contributed by atoms with van der Waals surface area (Å²) in [6, 6.07) is 0. The zero-order valence-electron chi connectivity index (χ0n) is 2.94. The molecule has 1 nitrogen and oxygen atoms in total. The second-order valence-electron chi connectivity index (χ2n) is 0. The summed E-state index contributed by atoms with van der Waals surface area (Å²) in [6.45, 7) is 0. The van der Waals surface area contributed by atoms with Gasteiger partial charge in [-0.15, -0.1) is 0 Å². The molecule has 0 aliphatic heterocycles. The van der Waals surface area contributed by atoms with Gasteiger partial charge in [0, 0.05) is 34.1 Å². The molecule has 6 heteroatoms. The molecule has 0 aliphatic carbocycles. The summed E-state index contributed by atoms with van der Waals surface area (Å²) in [5, 5.41) is 0. The Balaban J connectivity index is 0. The zero-order valence-corrected chi connectivity index (χ0v) is 17.0. The summed E-state index contributed by atoms with van der Waals surface area (Å²) in [5.41, 5.74) is 0. The van der Waals surface area contributed by atoms with Gasteiger partial charge in [0.05, 0.1) is 0 Å². The quantitative estimate of drug-likeness (QED) is 0.370. The van der Waals surface area contributed by atoms with Gasteiger partial charge < -0.3 is 19.0 Å². The topological polar surface area (TPSA) is 28.5 Å². The summed E-state index contributed by atoms with van der Waals surface area (Å²) < 4.78 is 0. The van der Waals surface area contributed by atoms with E-state index in [0.29, 0.717) is 0 Å². The fourth-order valence-electron chi connectivity index (χ4n) is 0. The summed E-state index contributed by atoms with van der Waals surface area (Å²) in [7, 11) is 0. The molecule has 0 aliphatic rings. The van der Waals surface area contributed by atoms with Crippen molar-refractivity contribution in [2.75, 3.05) is 0 Å². The maximum Gasteiger partial charge on any atom is 2.00 e. The second-order valence-corrected chi connectivity index (χ2v) is 0. The predicted octanol–water partition coefficient (Wildman–Crippen LogP) is -0.131. The minimum absolute atomic E-state index is 0. The number of hydrogen-bond acceptors (Lipinski definition) is 0. The maximum absolute atomic E-state index is 0. The van der Waals surface area contributed by atoms with E-state index in [1.807, 2.05) is 0 Å². The van der Waals surface area contributed by atoms with Crippen LogP contribution < -0.4 is 0 Å². The van der Waals surface area contributed by atoms with Gasteiger partial charge in [-0.1, -0.05) is 0 Å². The van der Waals surface area contributed by atoms with Crippen LogP contribution in [0.4, 0.5) is 0 Å². The second kappa shape index (κ2) is 41.3. The molecule has 0 fully saturated rings. The Kier molecular flexibility index (Phi) is 414. The van der Waals surface area contributed by atoms with Crippen LogP contribution >= 0.6 is 0 Å². The average Bonchev–Trinajstić information content (AvgIpc) is 0. The van der Waals surface area contributed by atoms with Crippen molar-refractivity contribution in [1.29, 1.82) is 0 Å². The molecule has 0 N–H and O–H groups in total. The molecule has 0 radical (unpaired) electrons. The summed E-state index contributed by atoms with van der Waals surface area (Å²) >= 11 is 0. The van der Waals surface area contributed by atoms with Crippen molar-refractivity contribution in [2.24, 2.45) is 0 Å². The van der Waals surface area contributed by atoms with Gasteiger partial charge in [0.25, 0.3) is 0 Å². The van der Waals surface area contributed by atoms with Gasteiger partial charge >= 0.3 is 55.3 Å². The van der Waals surface area contributed by atoms with E-state index in [9.17, 15) is 0 Å². The maximum atomic E-state index is 0. The Morgan fingerprint density at radius 3 is 0.667 bits per heavy atom. The standard InChI is InChI=1S/2Fe.2Hg.O.S/q;;2*+2;2*-2. The number of rotatable bonds is 0. The molecule has 0 bridgehead atoms. The van der Waals surface area contributed by atoms with Gasteiger partial charge in [-0.3, -0.25) is 0 Å². The zero-order chi connectivity index (χ0) is 0. The van der Waals surface area contributed by atoms with Crippen LogP contribution in [-0.2, 0) is 108 Å². The third kappa shape index (κ3) is 26.9. The Bertz CT molecular complexity index is 11.5. The Morgan fingerprint density at radius 2 is 0.667 bits per heavy atom. The summed E-state index contributed by atoms with van der Waals surface area (Å²) in [5.74, 6) is 0. The molecule has 0 unspecified atom stereocenters. The van der Waals surface area contributed by atoms with Crippen LogP contribution in [0.5, 0.6) is 0 Å². The van der Waals surface area contributed by atoms with E-state index in [1.54, 1.807) is 0 Å².